The molecule has 2 atom stereocenters. The van der Waals surface area contributed by atoms with Gasteiger partial charge in [0.25, 0.3) is 5.91 Å². The molecule has 2 N–H and O–H groups in total. The summed E-state index contributed by atoms with van der Waals surface area (Å²) in [7, 11) is 0. The van der Waals surface area contributed by atoms with Gasteiger partial charge in [-0.05, 0) is 29.6 Å². The van der Waals surface area contributed by atoms with Crippen molar-refractivity contribution in [3.8, 4) is 0 Å². The van der Waals surface area contributed by atoms with Gasteiger partial charge in [0.1, 0.15) is 10.8 Å². The fourth-order valence-electron chi connectivity index (χ4n) is 3.17. The molecule has 1 aliphatic heterocycles. The van der Waals surface area contributed by atoms with Crippen molar-refractivity contribution in [2.45, 2.75) is 24.7 Å². The van der Waals surface area contributed by atoms with E-state index >= 15 is 0 Å². The first-order valence-corrected chi connectivity index (χ1v) is 10.6. The molecule has 5 nitrogen and oxygen atoms in total. The zero-order valence-electron chi connectivity index (χ0n) is 14.8. The number of halogens is 6. The SMILES string of the molecule is O=C(Nc1ccc(Cl)c(Cl)c1)c1nn2c(c1Cl)N[C@@H](c1cccs1)C[C@@H]2C(F)(F)F. The van der Waals surface area contributed by atoms with Crippen molar-refractivity contribution in [1.82, 2.24) is 9.78 Å². The number of carbonyl (C=O) groups excluding carboxylic acids is 1. The Bertz CT molecular complexity index is 1100. The molecule has 3 aromatic rings. The van der Waals surface area contributed by atoms with E-state index in [0.717, 1.165) is 9.56 Å². The second-order valence-corrected chi connectivity index (χ2v) is 8.72. The van der Waals surface area contributed by atoms with Crippen LogP contribution in [0.1, 0.15) is 33.9 Å². The summed E-state index contributed by atoms with van der Waals surface area (Å²) in [5.74, 6) is -0.821. The molecular formula is C18H12Cl3F3N4OS. The van der Waals surface area contributed by atoms with Gasteiger partial charge in [-0.25, -0.2) is 4.68 Å². The molecule has 0 radical (unpaired) electrons. The van der Waals surface area contributed by atoms with Gasteiger partial charge in [-0.3, -0.25) is 4.79 Å². The second kappa shape index (κ2) is 7.96. The van der Waals surface area contributed by atoms with Gasteiger partial charge in [-0.15, -0.1) is 11.3 Å². The number of fused-ring (bicyclic) bond motifs is 1. The number of alkyl halides is 3. The van der Waals surface area contributed by atoms with Crippen molar-refractivity contribution in [1.29, 1.82) is 0 Å². The molecule has 2 aromatic heterocycles. The normalized spacial score (nSPS) is 18.6. The molecule has 1 aromatic carbocycles. The van der Waals surface area contributed by atoms with E-state index in [-0.39, 0.29) is 28.0 Å². The Balaban J connectivity index is 1.69. The lowest BCUT2D eigenvalue weighted by atomic mass is 10.0. The maximum absolute atomic E-state index is 13.8. The summed E-state index contributed by atoms with van der Waals surface area (Å²) in [6.07, 6.45) is -4.85. The van der Waals surface area contributed by atoms with Crippen molar-refractivity contribution in [2.24, 2.45) is 0 Å². The number of nitrogens with zero attached hydrogens (tertiary/aromatic N) is 2. The quantitative estimate of drug-likeness (QED) is 0.419. The minimum Gasteiger partial charge on any atom is -0.361 e. The monoisotopic (exact) mass is 494 g/mol. The van der Waals surface area contributed by atoms with Gasteiger partial charge in [0, 0.05) is 17.0 Å². The predicted octanol–water partition coefficient (Wildman–Crippen LogP) is 6.82. The molecule has 0 fully saturated rings. The smallest absolute Gasteiger partial charge is 0.361 e. The van der Waals surface area contributed by atoms with E-state index in [4.69, 9.17) is 34.8 Å². The number of anilines is 2. The summed E-state index contributed by atoms with van der Waals surface area (Å²) in [5.41, 5.74) is -0.0282. The maximum Gasteiger partial charge on any atom is 0.410 e. The van der Waals surface area contributed by atoms with Crippen LogP contribution < -0.4 is 10.6 Å². The number of nitrogens with one attached hydrogen (secondary N) is 2. The fraction of sp³-hybridized carbons (Fsp3) is 0.222. The number of carbonyl (C=O) groups is 1. The summed E-state index contributed by atoms with van der Waals surface area (Å²) >= 11 is 19.4. The number of benzene rings is 1. The molecule has 1 amide bonds. The molecule has 12 heteroatoms. The molecule has 1 aliphatic rings. The zero-order valence-corrected chi connectivity index (χ0v) is 17.9. The average molecular weight is 496 g/mol. The standard InChI is InChI=1S/C18H12Cl3F3N4OS/c19-9-4-3-8(6-10(9)20)25-17(29)15-14(21)16-26-11(12-2-1-5-30-12)7-13(18(22,23)24)28(16)27-15/h1-6,11,13,26H,7H2,(H,25,29)/t11-,13-/m1/s1. The molecule has 0 unspecified atom stereocenters. The van der Waals surface area contributed by atoms with E-state index in [0.29, 0.717) is 10.7 Å². The van der Waals surface area contributed by atoms with E-state index in [2.05, 4.69) is 15.7 Å². The lowest BCUT2D eigenvalue weighted by Gasteiger charge is -2.32. The van der Waals surface area contributed by atoms with Gasteiger partial charge < -0.3 is 10.6 Å². The molecule has 3 heterocycles. The first-order chi connectivity index (χ1) is 14.1. The lowest BCUT2D eigenvalue weighted by Crippen LogP contribution is -2.35. The van der Waals surface area contributed by atoms with Crippen LogP contribution in [0, 0.1) is 0 Å². The molecule has 4 rings (SSSR count). The summed E-state index contributed by atoms with van der Waals surface area (Å²) in [6, 6.07) is 5.36. The third-order valence-electron chi connectivity index (χ3n) is 4.57. The van der Waals surface area contributed by atoms with Crippen LogP contribution in [-0.2, 0) is 0 Å². The van der Waals surface area contributed by atoms with Crippen molar-refractivity contribution in [3.05, 3.63) is 61.4 Å². The first kappa shape index (κ1) is 21.3. The van der Waals surface area contributed by atoms with Gasteiger partial charge in [0.2, 0.25) is 0 Å². The molecular weight excluding hydrogens is 484 g/mol. The highest BCUT2D eigenvalue weighted by atomic mass is 35.5. The Morgan fingerprint density at radius 1 is 1.23 bits per heavy atom. The minimum atomic E-state index is -4.57. The maximum atomic E-state index is 13.8. The number of amides is 1. The summed E-state index contributed by atoms with van der Waals surface area (Å²) in [5, 5.41) is 11.5. The van der Waals surface area contributed by atoms with Crippen LogP contribution in [-0.4, -0.2) is 21.9 Å². The van der Waals surface area contributed by atoms with Gasteiger partial charge in [0.05, 0.1) is 16.1 Å². The van der Waals surface area contributed by atoms with Crippen LogP contribution in [0.15, 0.2) is 35.7 Å². The van der Waals surface area contributed by atoms with Gasteiger partial charge in [0.15, 0.2) is 11.7 Å². The van der Waals surface area contributed by atoms with Crippen LogP contribution in [0.25, 0.3) is 0 Å². The third-order valence-corrected chi connectivity index (χ3v) is 6.66. The van der Waals surface area contributed by atoms with Gasteiger partial charge in [-0.1, -0.05) is 40.9 Å². The molecule has 0 spiro atoms. The van der Waals surface area contributed by atoms with E-state index in [9.17, 15) is 18.0 Å². The topological polar surface area (TPSA) is 59.0 Å². The lowest BCUT2D eigenvalue weighted by molar-refractivity contribution is -0.173. The number of thiophene rings is 1. The highest BCUT2D eigenvalue weighted by Gasteiger charge is 2.48. The van der Waals surface area contributed by atoms with E-state index in [1.54, 1.807) is 17.5 Å². The molecule has 0 aliphatic carbocycles. The molecule has 30 heavy (non-hydrogen) atoms. The van der Waals surface area contributed by atoms with E-state index < -0.39 is 24.2 Å². The van der Waals surface area contributed by atoms with E-state index in [1.165, 1.54) is 29.5 Å². The highest BCUT2D eigenvalue weighted by Crippen LogP contribution is 2.46. The van der Waals surface area contributed by atoms with Crippen molar-refractivity contribution < 1.29 is 18.0 Å². The predicted molar refractivity (Wildman–Crippen MR) is 112 cm³/mol. The molecule has 0 saturated carbocycles. The molecule has 158 valence electrons. The summed E-state index contributed by atoms with van der Waals surface area (Å²) in [6.45, 7) is 0. The van der Waals surface area contributed by atoms with Gasteiger partial charge in [-0.2, -0.15) is 18.3 Å². The second-order valence-electron chi connectivity index (χ2n) is 6.54. The van der Waals surface area contributed by atoms with Crippen LogP contribution >= 0.6 is 46.1 Å². The van der Waals surface area contributed by atoms with Crippen LogP contribution in [0.3, 0.4) is 0 Å². The van der Waals surface area contributed by atoms with Crippen molar-refractivity contribution in [2.75, 3.05) is 10.6 Å². The van der Waals surface area contributed by atoms with Crippen molar-refractivity contribution in [3.63, 3.8) is 0 Å². The number of aromatic nitrogens is 2. The van der Waals surface area contributed by atoms with Gasteiger partial charge >= 0.3 is 6.18 Å². The van der Waals surface area contributed by atoms with Crippen LogP contribution in [0.4, 0.5) is 24.7 Å². The largest absolute Gasteiger partial charge is 0.410 e. The summed E-state index contributed by atoms with van der Waals surface area (Å²) in [4.78, 5) is 13.4. The van der Waals surface area contributed by atoms with Crippen LogP contribution in [0.5, 0.6) is 0 Å². The van der Waals surface area contributed by atoms with E-state index in [1.807, 2.05) is 0 Å². The van der Waals surface area contributed by atoms with Crippen molar-refractivity contribution >= 4 is 63.6 Å². The third kappa shape index (κ3) is 3.99. The Hall–Kier alpha value is -1.94. The minimum absolute atomic E-state index is 0.0528. The number of hydrogen-bond donors (Lipinski definition) is 2. The number of rotatable bonds is 3. The Morgan fingerprint density at radius 2 is 2.00 bits per heavy atom. The Morgan fingerprint density at radius 3 is 2.63 bits per heavy atom. The number of hydrogen-bond acceptors (Lipinski definition) is 4. The average Bonchev–Trinajstić information content (AvgIpc) is 3.32. The molecule has 0 bridgehead atoms. The molecule has 0 saturated heterocycles. The fourth-order valence-corrected chi connectivity index (χ4v) is 4.53. The zero-order chi connectivity index (χ0) is 21.6. The Labute approximate surface area is 187 Å². The first-order valence-electron chi connectivity index (χ1n) is 8.56. The Kier molecular flexibility index (Phi) is 5.65. The highest BCUT2D eigenvalue weighted by molar-refractivity contribution is 7.10. The van der Waals surface area contributed by atoms with Crippen LogP contribution in [0.2, 0.25) is 15.1 Å². The summed E-state index contributed by atoms with van der Waals surface area (Å²) < 4.78 is 42.0.